The van der Waals surface area contributed by atoms with E-state index in [1.807, 2.05) is 0 Å². The highest BCUT2D eigenvalue weighted by molar-refractivity contribution is 8.00. The van der Waals surface area contributed by atoms with Crippen molar-refractivity contribution in [3.05, 3.63) is 34.6 Å². The topological polar surface area (TPSA) is 191 Å². The molecule has 3 aromatic rings. The summed E-state index contributed by atoms with van der Waals surface area (Å²) in [5.41, 5.74) is -0.937. The van der Waals surface area contributed by atoms with Crippen LogP contribution in [0.25, 0.3) is 10.7 Å². The number of thioether (sulfide) groups is 1. The number of thiazole rings is 1. The Kier molecular flexibility index (Phi) is 9.97. The lowest BCUT2D eigenvalue weighted by Crippen LogP contribution is -2.57. The fourth-order valence-corrected chi connectivity index (χ4v) is 6.16. The Bertz CT molecular complexity index is 1480. The molecule has 1 aliphatic heterocycles. The third-order valence-corrected chi connectivity index (χ3v) is 7.88. The number of carbonyl (C=O) groups is 4. The van der Waals surface area contributed by atoms with Gasteiger partial charge < -0.3 is 28.8 Å². The minimum absolute atomic E-state index is 0.0844. The van der Waals surface area contributed by atoms with Gasteiger partial charge in [0.25, 0.3) is 0 Å². The van der Waals surface area contributed by atoms with Crippen molar-refractivity contribution in [3.63, 3.8) is 0 Å². The van der Waals surface area contributed by atoms with Crippen LogP contribution in [-0.2, 0) is 38.1 Å². The Balaban J connectivity index is 1.83. The minimum atomic E-state index is -1.23. The van der Waals surface area contributed by atoms with Crippen LogP contribution in [0.5, 0.6) is 5.88 Å². The van der Waals surface area contributed by atoms with Gasteiger partial charge in [-0.2, -0.15) is 0 Å². The Hall–Kier alpha value is -3.80. The van der Waals surface area contributed by atoms with Crippen LogP contribution in [0.15, 0.2) is 28.7 Å². The number of carbonyl (C=O) groups excluding carboxylic acids is 4. The van der Waals surface area contributed by atoms with Gasteiger partial charge in [-0.15, -0.1) is 16.4 Å². The smallest absolute Gasteiger partial charge is 0.357 e. The molecule has 4 heterocycles. The predicted octanol–water partition coefficient (Wildman–Crippen LogP) is 2.43. The first-order valence-corrected chi connectivity index (χ1v) is 14.2. The van der Waals surface area contributed by atoms with E-state index in [0.29, 0.717) is 5.01 Å². The standard InChI is InChI=1S/C24H24ClN5O10S2/c1-10(31)37-8-15-20(38-11(2)32)19(30-7-14(28-29-30)22-27-17(34)9-41-22)21(39-12(3)33)24(40-15)42-16-5-13(25)6-26-18(16)23(35)36-4/h5-7,9,15,19-21,24,34H,8H2,1-4H3. The van der Waals surface area contributed by atoms with Crippen molar-refractivity contribution in [1.82, 2.24) is 25.0 Å². The summed E-state index contributed by atoms with van der Waals surface area (Å²) >= 11 is 8.21. The zero-order valence-corrected chi connectivity index (χ0v) is 24.8. The molecular weight excluding hydrogens is 618 g/mol. The van der Waals surface area contributed by atoms with Crippen molar-refractivity contribution in [1.29, 1.82) is 0 Å². The zero-order chi connectivity index (χ0) is 30.6. The fourth-order valence-electron chi connectivity index (χ4n) is 4.07. The molecule has 0 radical (unpaired) electrons. The van der Waals surface area contributed by atoms with Crippen molar-refractivity contribution < 1.29 is 48.0 Å². The van der Waals surface area contributed by atoms with Crippen molar-refractivity contribution in [2.45, 2.75) is 55.5 Å². The summed E-state index contributed by atoms with van der Waals surface area (Å²) in [5.74, 6) is -3.00. The summed E-state index contributed by atoms with van der Waals surface area (Å²) < 4.78 is 28.9. The first-order valence-electron chi connectivity index (χ1n) is 12.1. The molecule has 5 atom stereocenters. The molecule has 5 unspecified atom stereocenters. The Morgan fingerprint density at radius 2 is 1.86 bits per heavy atom. The normalized spacial score (nSPS) is 21.8. The average molecular weight is 642 g/mol. The van der Waals surface area contributed by atoms with Crippen LogP contribution >= 0.6 is 34.7 Å². The van der Waals surface area contributed by atoms with E-state index in [0.717, 1.165) is 23.1 Å². The van der Waals surface area contributed by atoms with Crippen LogP contribution in [0.4, 0.5) is 0 Å². The van der Waals surface area contributed by atoms with Gasteiger partial charge in [-0.1, -0.05) is 28.6 Å². The second kappa shape index (κ2) is 13.5. The molecule has 15 nitrogen and oxygen atoms in total. The molecule has 1 fully saturated rings. The number of esters is 4. The summed E-state index contributed by atoms with van der Waals surface area (Å²) in [6.45, 7) is 3.19. The number of nitrogens with zero attached hydrogens (tertiary/aromatic N) is 5. The number of methoxy groups -OCH3 is 1. The van der Waals surface area contributed by atoms with Crippen LogP contribution in [-0.4, -0.2) is 91.4 Å². The summed E-state index contributed by atoms with van der Waals surface area (Å²) in [6, 6.07) is 0.365. The number of hydrogen-bond donors (Lipinski definition) is 1. The monoisotopic (exact) mass is 641 g/mol. The van der Waals surface area contributed by atoms with Gasteiger partial charge in [-0.05, 0) is 6.07 Å². The minimum Gasteiger partial charge on any atom is -0.493 e. The molecule has 0 saturated carbocycles. The number of pyridine rings is 1. The molecule has 0 spiro atoms. The highest BCUT2D eigenvalue weighted by Gasteiger charge is 2.52. The molecule has 224 valence electrons. The Morgan fingerprint density at radius 1 is 1.14 bits per heavy atom. The third kappa shape index (κ3) is 7.33. The van der Waals surface area contributed by atoms with Crippen LogP contribution in [0.2, 0.25) is 5.02 Å². The second-order valence-corrected chi connectivity index (χ2v) is 11.1. The molecular formula is C24H24ClN5O10S2. The van der Waals surface area contributed by atoms with Gasteiger partial charge in [0, 0.05) is 31.9 Å². The van der Waals surface area contributed by atoms with E-state index in [-0.39, 0.29) is 33.8 Å². The Labute approximate surface area is 251 Å². The van der Waals surface area contributed by atoms with Crippen LogP contribution in [0, 0.1) is 0 Å². The largest absolute Gasteiger partial charge is 0.493 e. The summed E-state index contributed by atoms with van der Waals surface area (Å²) in [4.78, 5) is 57.1. The first kappa shape index (κ1) is 31.1. The molecule has 0 bridgehead atoms. The molecule has 0 aliphatic carbocycles. The number of aromatic hydroxyl groups is 1. The second-order valence-electron chi connectivity index (χ2n) is 8.69. The van der Waals surface area contributed by atoms with Crippen molar-refractivity contribution in [2.75, 3.05) is 13.7 Å². The van der Waals surface area contributed by atoms with Gasteiger partial charge in [0.2, 0.25) is 5.88 Å². The van der Waals surface area contributed by atoms with Gasteiger partial charge in [-0.3, -0.25) is 14.4 Å². The highest BCUT2D eigenvalue weighted by Crippen LogP contribution is 2.42. The highest BCUT2D eigenvalue weighted by atomic mass is 35.5. The van der Waals surface area contributed by atoms with E-state index in [1.165, 1.54) is 56.4 Å². The summed E-state index contributed by atoms with van der Waals surface area (Å²) in [5, 5.41) is 19.9. The molecule has 18 heteroatoms. The number of ether oxygens (including phenoxy) is 5. The summed E-state index contributed by atoms with van der Waals surface area (Å²) in [7, 11) is 1.19. The molecule has 1 saturated heterocycles. The predicted molar refractivity (Wildman–Crippen MR) is 145 cm³/mol. The molecule has 0 aromatic carbocycles. The van der Waals surface area contributed by atoms with Crippen molar-refractivity contribution in [3.8, 4) is 16.6 Å². The van der Waals surface area contributed by atoms with E-state index in [1.54, 1.807) is 0 Å². The number of halogens is 1. The van der Waals surface area contributed by atoms with E-state index in [2.05, 4.69) is 20.3 Å². The van der Waals surface area contributed by atoms with E-state index < -0.39 is 53.7 Å². The third-order valence-electron chi connectivity index (χ3n) is 5.64. The summed E-state index contributed by atoms with van der Waals surface area (Å²) in [6.07, 6.45) is -0.807. The van der Waals surface area contributed by atoms with E-state index in [9.17, 15) is 24.3 Å². The number of aromatic nitrogens is 5. The lowest BCUT2D eigenvalue weighted by Gasteiger charge is -2.44. The Morgan fingerprint density at radius 3 is 2.48 bits per heavy atom. The molecule has 1 aliphatic rings. The van der Waals surface area contributed by atoms with Crippen LogP contribution < -0.4 is 0 Å². The van der Waals surface area contributed by atoms with E-state index in [4.69, 9.17) is 35.3 Å². The molecule has 1 N–H and O–H groups in total. The maximum Gasteiger partial charge on any atom is 0.357 e. The van der Waals surface area contributed by atoms with Gasteiger partial charge in [0.05, 0.1) is 23.7 Å². The maximum absolute atomic E-state index is 12.5. The number of rotatable bonds is 9. The lowest BCUT2D eigenvalue weighted by molar-refractivity contribution is -0.212. The van der Waals surface area contributed by atoms with E-state index >= 15 is 0 Å². The van der Waals surface area contributed by atoms with Gasteiger partial charge in [0.1, 0.15) is 34.9 Å². The average Bonchev–Trinajstić information content (AvgIpc) is 3.57. The fraction of sp³-hybridized carbons (Fsp3) is 0.417. The van der Waals surface area contributed by atoms with Gasteiger partial charge in [-0.25, -0.2) is 19.4 Å². The molecule has 4 rings (SSSR count). The van der Waals surface area contributed by atoms with Gasteiger partial charge in [0.15, 0.2) is 17.9 Å². The first-order chi connectivity index (χ1) is 20.0. The SMILES string of the molecule is COC(=O)c1ncc(Cl)cc1SC1OC(COC(C)=O)C(OC(C)=O)C(n2cc(-c3nc(O)cs3)nn2)C1OC(C)=O. The zero-order valence-electron chi connectivity index (χ0n) is 22.5. The molecule has 3 aromatic heterocycles. The number of hydrogen-bond acceptors (Lipinski definition) is 16. The maximum atomic E-state index is 12.5. The quantitative estimate of drug-likeness (QED) is 0.264. The van der Waals surface area contributed by atoms with Gasteiger partial charge >= 0.3 is 23.9 Å². The molecule has 0 amide bonds. The van der Waals surface area contributed by atoms with Crippen LogP contribution in [0.3, 0.4) is 0 Å². The van der Waals surface area contributed by atoms with Crippen molar-refractivity contribution in [2.24, 2.45) is 0 Å². The lowest BCUT2D eigenvalue weighted by atomic mass is 9.96. The molecule has 42 heavy (non-hydrogen) atoms. The van der Waals surface area contributed by atoms with Crippen molar-refractivity contribution >= 4 is 58.6 Å². The van der Waals surface area contributed by atoms with Crippen LogP contribution in [0.1, 0.15) is 37.3 Å².